The maximum atomic E-state index is 12.1. The number of piperidine rings is 1. The Hall–Kier alpha value is -1.59. The first kappa shape index (κ1) is 22.5. The average Bonchev–Trinajstić information content (AvgIpc) is 2.84. The predicted molar refractivity (Wildman–Crippen MR) is 109 cm³/mol. The van der Waals surface area contributed by atoms with Crippen LogP contribution in [0.25, 0.3) is 0 Å². The van der Waals surface area contributed by atoms with Crippen LogP contribution >= 0.6 is 24.0 Å². The summed E-state index contributed by atoms with van der Waals surface area (Å²) in [6.45, 7) is 3.79. The highest BCUT2D eigenvalue weighted by Crippen LogP contribution is 2.30. The molecule has 0 bridgehead atoms. The quantitative estimate of drug-likeness (QED) is 0.227. The fraction of sp³-hybridized carbons (Fsp3) is 0.750. The first-order chi connectivity index (χ1) is 11.8. The molecule has 3 N–H and O–H groups in total. The van der Waals surface area contributed by atoms with Crippen molar-refractivity contribution in [3.63, 3.8) is 0 Å². The summed E-state index contributed by atoms with van der Waals surface area (Å²) in [5, 5.41) is 8.30. The SMILES string of the molecule is CN=C(NCCC(=O)N(C)C)N1CCC(C2(C)NC(=O)NC2=O)CC1.I. The van der Waals surface area contributed by atoms with Gasteiger partial charge in [0, 0.05) is 47.2 Å². The Balaban J connectivity index is 0.00000338. The van der Waals surface area contributed by atoms with Crippen LogP contribution < -0.4 is 16.0 Å². The van der Waals surface area contributed by atoms with Crippen LogP contribution in [-0.2, 0) is 9.59 Å². The number of aliphatic imine (C=N–C) groups is 1. The van der Waals surface area contributed by atoms with E-state index in [1.807, 2.05) is 0 Å². The lowest BCUT2D eigenvalue weighted by Crippen LogP contribution is -2.55. The van der Waals surface area contributed by atoms with Gasteiger partial charge in [-0.1, -0.05) is 0 Å². The summed E-state index contributed by atoms with van der Waals surface area (Å²) in [5.41, 5.74) is -0.835. The smallest absolute Gasteiger partial charge is 0.322 e. The monoisotopic (exact) mass is 480 g/mol. The highest BCUT2D eigenvalue weighted by Gasteiger charge is 2.48. The number of amides is 4. The van der Waals surface area contributed by atoms with Gasteiger partial charge >= 0.3 is 6.03 Å². The van der Waals surface area contributed by atoms with Gasteiger partial charge in [0.15, 0.2) is 5.96 Å². The summed E-state index contributed by atoms with van der Waals surface area (Å²) in [4.78, 5) is 43.1. The molecule has 1 atom stereocenters. The van der Waals surface area contributed by atoms with Crippen LogP contribution in [0.4, 0.5) is 4.79 Å². The zero-order valence-electron chi connectivity index (χ0n) is 15.8. The summed E-state index contributed by atoms with van der Waals surface area (Å²) in [6, 6.07) is -0.419. The van der Waals surface area contributed by atoms with E-state index in [1.165, 1.54) is 0 Å². The number of nitrogens with one attached hydrogen (secondary N) is 3. The molecule has 2 aliphatic rings. The van der Waals surface area contributed by atoms with Crippen molar-refractivity contribution in [1.82, 2.24) is 25.8 Å². The molecule has 2 saturated heterocycles. The van der Waals surface area contributed by atoms with E-state index in [9.17, 15) is 14.4 Å². The number of halogens is 1. The standard InChI is InChI=1S/C16H28N6O3.HI/c1-16(13(24)19-15(25)20-16)11-6-9-22(10-7-11)14(17-2)18-8-5-12(23)21(3)4;/h11H,5-10H2,1-4H3,(H,17,18)(H2,19,20,24,25);1H. The summed E-state index contributed by atoms with van der Waals surface area (Å²) in [6.07, 6.45) is 1.97. The van der Waals surface area contributed by atoms with Crippen molar-refractivity contribution in [3.8, 4) is 0 Å². The molecule has 2 fully saturated rings. The van der Waals surface area contributed by atoms with Crippen molar-refractivity contribution >= 4 is 47.8 Å². The van der Waals surface area contributed by atoms with E-state index in [0.717, 1.165) is 31.9 Å². The Morgan fingerprint density at radius 3 is 2.42 bits per heavy atom. The van der Waals surface area contributed by atoms with Crippen LogP contribution in [0, 0.1) is 5.92 Å². The van der Waals surface area contributed by atoms with Crippen LogP contribution in [0.2, 0.25) is 0 Å². The molecule has 0 aromatic carbocycles. The van der Waals surface area contributed by atoms with E-state index in [1.54, 1.807) is 33.0 Å². The molecule has 148 valence electrons. The predicted octanol–water partition coefficient (Wildman–Crippen LogP) is -0.0318. The molecule has 4 amide bonds. The number of carbonyl (C=O) groups excluding carboxylic acids is 3. The van der Waals surface area contributed by atoms with Crippen molar-refractivity contribution in [2.75, 3.05) is 40.8 Å². The Bertz CT molecular complexity index is 574. The second kappa shape index (κ2) is 9.38. The Morgan fingerprint density at radius 1 is 1.35 bits per heavy atom. The molecule has 2 heterocycles. The molecule has 0 saturated carbocycles. The molecule has 0 radical (unpaired) electrons. The third-order valence-electron chi connectivity index (χ3n) is 5.02. The van der Waals surface area contributed by atoms with E-state index in [2.05, 4.69) is 25.8 Å². The number of urea groups is 1. The highest BCUT2D eigenvalue weighted by molar-refractivity contribution is 14.0. The van der Waals surface area contributed by atoms with Gasteiger partial charge in [0.05, 0.1) is 0 Å². The third-order valence-corrected chi connectivity index (χ3v) is 5.02. The van der Waals surface area contributed by atoms with Gasteiger partial charge in [-0.2, -0.15) is 0 Å². The molecule has 0 aromatic heterocycles. The van der Waals surface area contributed by atoms with Gasteiger partial charge in [0.2, 0.25) is 5.91 Å². The molecule has 26 heavy (non-hydrogen) atoms. The minimum atomic E-state index is -0.835. The summed E-state index contributed by atoms with van der Waals surface area (Å²) in [7, 11) is 5.19. The van der Waals surface area contributed by atoms with Gasteiger partial charge in [0.25, 0.3) is 5.91 Å². The summed E-state index contributed by atoms with van der Waals surface area (Å²) in [5.74, 6) is 0.664. The van der Waals surface area contributed by atoms with Gasteiger partial charge in [-0.15, -0.1) is 24.0 Å². The molecule has 9 nitrogen and oxygen atoms in total. The zero-order chi connectivity index (χ0) is 18.6. The van der Waals surface area contributed by atoms with E-state index in [0.29, 0.717) is 13.0 Å². The average molecular weight is 480 g/mol. The number of nitrogens with zero attached hydrogens (tertiary/aromatic N) is 3. The Labute approximate surface area is 171 Å². The number of guanidine groups is 1. The largest absolute Gasteiger partial charge is 0.356 e. The second-order valence-electron chi connectivity index (χ2n) is 6.88. The van der Waals surface area contributed by atoms with E-state index in [4.69, 9.17) is 0 Å². The summed E-state index contributed by atoms with van der Waals surface area (Å²) < 4.78 is 0. The van der Waals surface area contributed by atoms with Crippen molar-refractivity contribution in [1.29, 1.82) is 0 Å². The molecular formula is C16H29IN6O3. The normalized spacial score (nSPS) is 23.8. The van der Waals surface area contributed by atoms with Crippen molar-refractivity contribution in [2.24, 2.45) is 10.9 Å². The fourth-order valence-electron chi connectivity index (χ4n) is 3.35. The van der Waals surface area contributed by atoms with Crippen LogP contribution in [0.3, 0.4) is 0 Å². The number of imide groups is 1. The second-order valence-corrected chi connectivity index (χ2v) is 6.88. The number of likely N-dealkylation sites (tertiary alicyclic amines) is 1. The molecule has 0 spiro atoms. The topological polar surface area (TPSA) is 106 Å². The van der Waals surface area contributed by atoms with E-state index >= 15 is 0 Å². The van der Waals surface area contributed by atoms with Crippen molar-refractivity contribution < 1.29 is 14.4 Å². The molecule has 2 aliphatic heterocycles. The van der Waals surface area contributed by atoms with Gasteiger partial charge in [-0.25, -0.2) is 4.79 Å². The van der Waals surface area contributed by atoms with E-state index < -0.39 is 11.6 Å². The minimum Gasteiger partial charge on any atom is -0.356 e. The van der Waals surface area contributed by atoms with Crippen LogP contribution in [0.15, 0.2) is 4.99 Å². The first-order valence-corrected chi connectivity index (χ1v) is 8.57. The van der Waals surface area contributed by atoms with Crippen LogP contribution in [0.1, 0.15) is 26.2 Å². The number of rotatable bonds is 4. The summed E-state index contributed by atoms with van der Waals surface area (Å²) >= 11 is 0. The lowest BCUT2D eigenvalue weighted by molar-refractivity contribution is -0.128. The number of hydrogen-bond donors (Lipinski definition) is 3. The molecule has 2 rings (SSSR count). The van der Waals surface area contributed by atoms with Gasteiger partial charge in [-0.3, -0.25) is 19.9 Å². The third kappa shape index (κ3) is 4.98. The van der Waals surface area contributed by atoms with Gasteiger partial charge in [0.1, 0.15) is 5.54 Å². The Kier molecular flexibility index (Phi) is 8.10. The highest BCUT2D eigenvalue weighted by atomic mass is 127. The maximum absolute atomic E-state index is 12.1. The van der Waals surface area contributed by atoms with Gasteiger partial charge in [-0.05, 0) is 25.7 Å². The molecule has 0 aliphatic carbocycles. The molecule has 1 unspecified atom stereocenters. The lowest BCUT2D eigenvalue weighted by Gasteiger charge is -2.39. The van der Waals surface area contributed by atoms with E-state index in [-0.39, 0.29) is 41.7 Å². The first-order valence-electron chi connectivity index (χ1n) is 8.57. The van der Waals surface area contributed by atoms with Gasteiger partial charge < -0.3 is 20.4 Å². The van der Waals surface area contributed by atoms with Crippen molar-refractivity contribution in [2.45, 2.75) is 31.7 Å². The van der Waals surface area contributed by atoms with Crippen LogP contribution in [-0.4, -0.2) is 79.9 Å². The number of carbonyl (C=O) groups is 3. The zero-order valence-corrected chi connectivity index (χ0v) is 18.1. The van der Waals surface area contributed by atoms with Crippen molar-refractivity contribution in [3.05, 3.63) is 0 Å². The lowest BCUT2D eigenvalue weighted by atomic mass is 9.79. The molecule has 0 aromatic rings. The fourth-order valence-corrected chi connectivity index (χ4v) is 3.35. The molecule has 10 heteroatoms. The molecular weight excluding hydrogens is 451 g/mol. The Morgan fingerprint density at radius 2 is 1.96 bits per heavy atom. The maximum Gasteiger partial charge on any atom is 0.322 e. The minimum absolute atomic E-state index is 0. The van der Waals surface area contributed by atoms with Crippen LogP contribution in [0.5, 0.6) is 0 Å². The number of hydrogen-bond acceptors (Lipinski definition) is 4.